The standard InChI is InChI=1S/C14H21NO4/c1-10(17)15-8-6-13(18)14(19)12-4-2-11(3-5-12)7-9-16/h2-5,13-14,16,18-19H,6-9H2,1H3,(H,15,17). The van der Waals surface area contributed by atoms with Gasteiger partial charge in [-0.25, -0.2) is 0 Å². The molecule has 0 saturated heterocycles. The number of amides is 1. The van der Waals surface area contributed by atoms with Crippen molar-refractivity contribution in [3.05, 3.63) is 35.4 Å². The van der Waals surface area contributed by atoms with Crippen LogP contribution in [0.4, 0.5) is 0 Å². The van der Waals surface area contributed by atoms with Crippen molar-refractivity contribution in [3.8, 4) is 0 Å². The van der Waals surface area contributed by atoms with E-state index < -0.39 is 12.2 Å². The third-order valence-corrected chi connectivity index (χ3v) is 2.90. The fourth-order valence-electron chi connectivity index (χ4n) is 1.79. The third kappa shape index (κ3) is 5.38. The highest BCUT2D eigenvalue weighted by atomic mass is 16.3. The van der Waals surface area contributed by atoms with Crippen LogP contribution in [0.5, 0.6) is 0 Å². The largest absolute Gasteiger partial charge is 0.396 e. The minimum Gasteiger partial charge on any atom is -0.396 e. The van der Waals surface area contributed by atoms with Crippen LogP contribution >= 0.6 is 0 Å². The molecule has 5 heteroatoms. The summed E-state index contributed by atoms with van der Waals surface area (Å²) in [5.41, 5.74) is 1.60. The maximum absolute atomic E-state index is 10.7. The van der Waals surface area contributed by atoms with Crippen molar-refractivity contribution in [2.75, 3.05) is 13.2 Å². The molecule has 0 aliphatic heterocycles. The van der Waals surface area contributed by atoms with Gasteiger partial charge in [-0.05, 0) is 24.0 Å². The van der Waals surface area contributed by atoms with Gasteiger partial charge in [-0.3, -0.25) is 4.79 Å². The molecule has 1 aromatic carbocycles. The van der Waals surface area contributed by atoms with Gasteiger partial charge in [-0.1, -0.05) is 24.3 Å². The third-order valence-electron chi connectivity index (χ3n) is 2.90. The lowest BCUT2D eigenvalue weighted by atomic mass is 10.00. The van der Waals surface area contributed by atoms with Gasteiger partial charge in [0.2, 0.25) is 5.91 Å². The summed E-state index contributed by atoms with van der Waals surface area (Å²) in [7, 11) is 0. The molecule has 1 aromatic rings. The van der Waals surface area contributed by atoms with Crippen LogP contribution in [0.1, 0.15) is 30.6 Å². The minimum absolute atomic E-state index is 0.0846. The molecule has 2 atom stereocenters. The first-order chi connectivity index (χ1) is 9.04. The molecule has 0 radical (unpaired) electrons. The van der Waals surface area contributed by atoms with Crippen LogP contribution in [-0.4, -0.2) is 40.5 Å². The van der Waals surface area contributed by atoms with Crippen LogP contribution in [-0.2, 0) is 11.2 Å². The van der Waals surface area contributed by atoms with Gasteiger partial charge in [-0.2, -0.15) is 0 Å². The summed E-state index contributed by atoms with van der Waals surface area (Å²) in [5.74, 6) is -0.157. The summed E-state index contributed by atoms with van der Waals surface area (Å²) in [4.78, 5) is 10.7. The number of hydrogen-bond donors (Lipinski definition) is 4. The van der Waals surface area contributed by atoms with Gasteiger partial charge in [0.05, 0.1) is 6.10 Å². The molecular weight excluding hydrogens is 246 g/mol. The molecule has 106 valence electrons. The molecule has 0 spiro atoms. The van der Waals surface area contributed by atoms with Gasteiger partial charge in [-0.15, -0.1) is 0 Å². The second kappa shape index (κ2) is 7.89. The molecule has 1 rings (SSSR count). The lowest BCUT2D eigenvalue weighted by molar-refractivity contribution is -0.119. The Labute approximate surface area is 112 Å². The Morgan fingerprint density at radius 2 is 1.89 bits per heavy atom. The molecule has 0 heterocycles. The molecular formula is C14H21NO4. The molecule has 0 saturated carbocycles. The highest BCUT2D eigenvalue weighted by Gasteiger charge is 2.17. The monoisotopic (exact) mass is 267 g/mol. The number of carbonyl (C=O) groups is 1. The van der Waals surface area contributed by atoms with E-state index in [0.29, 0.717) is 24.9 Å². The van der Waals surface area contributed by atoms with Gasteiger partial charge >= 0.3 is 0 Å². The summed E-state index contributed by atoms with van der Waals surface area (Å²) < 4.78 is 0. The van der Waals surface area contributed by atoms with Crippen LogP contribution in [0, 0.1) is 0 Å². The van der Waals surface area contributed by atoms with Crippen LogP contribution in [0.2, 0.25) is 0 Å². The van der Waals surface area contributed by atoms with E-state index in [-0.39, 0.29) is 12.5 Å². The lowest BCUT2D eigenvalue weighted by Crippen LogP contribution is -2.27. The van der Waals surface area contributed by atoms with E-state index >= 15 is 0 Å². The molecule has 2 unspecified atom stereocenters. The average molecular weight is 267 g/mol. The molecule has 4 N–H and O–H groups in total. The van der Waals surface area contributed by atoms with Crippen molar-refractivity contribution in [2.24, 2.45) is 0 Å². The normalized spacial score (nSPS) is 13.9. The second-order valence-electron chi connectivity index (χ2n) is 4.50. The Morgan fingerprint density at radius 1 is 1.26 bits per heavy atom. The molecule has 1 amide bonds. The Hall–Kier alpha value is -1.43. The van der Waals surface area contributed by atoms with Crippen LogP contribution in [0.3, 0.4) is 0 Å². The molecule has 0 aliphatic carbocycles. The van der Waals surface area contributed by atoms with Crippen molar-refractivity contribution in [1.29, 1.82) is 0 Å². The second-order valence-corrected chi connectivity index (χ2v) is 4.50. The SMILES string of the molecule is CC(=O)NCCC(O)C(O)c1ccc(CCO)cc1. The molecule has 0 aliphatic rings. The summed E-state index contributed by atoms with van der Waals surface area (Å²) >= 11 is 0. The van der Waals surface area contributed by atoms with Crippen molar-refractivity contribution in [2.45, 2.75) is 32.0 Å². The average Bonchev–Trinajstić information content (AvgIpc) is 2.38. The molecule has 5 nitrogen and oxygen atoms in total. The van der Waals surface area contributed by atoms with E-state index in [0.717, 1.165) is 5.56 Å². The fraction of sp³-hybridized carbons (Fsp3) is 0.500. The number of aliphatic hydroxyl groups is 3. The Morgan fingerprint density at radius 3 is 2.42 bits per heavy atom. The van der Waals surface area contributed by atoms with E-state index in [1.807, 2.05) is 12.1 Å². The van der Waals surface area contributed by atoms with Gasteiger partial charge in [0.15, 0.2) is 0 Å². The van der Waals surface area contributed by atoms with E-state index in [1.54, 1.807) is 12.1 Å². The Balaban J connectivity index is 2.51. The van der Waals surface area contributed by atoms with Crippen LogP contribution in [0.25, 0.3) is 0 Å². The summed E-state index contributed by atoms with van der Waals surface area (Å²) in [6.45, 7) is 1.82. The van der Waals surface area contributed by atoms with E-state index in [9.17, 15) is 15.0 Å². The van der Waals surface area contributed by atoms with Crippen molar-refractivity contribution in [1.82, 2.24) is 5.32 Å². The first kappa shape index (κ1) is 15.6. The van der Waals surface area contributed by atoms with Crippen molar-refractivity contribution in [3.63, 3.8) is 0 Å². The molecule has 0 fully saturated rings. The van der Waals surface area contributed by atoms with Crippen LogP contribution in [0.15, 0.2) is 24.3 Å². The topological polar surface area (TPSA) is 89.8 Å². The predicted octanol–water partition coefficient (Wildman–Crippen LogP) is 0.142. The number of benzene rings is 1. The lowest BCUT2D eigenvalue weighted by Gasteiger charge is -2.18. The Kier molecular flexibility index (Phi) is 6.49. The molecule has 19 heavy (non-hydrogen) atoms. The maximum Gasteiger partial charge on any atom is 0.216 e. The van der Waals surface area contributed by atoms with Gasteiger partial charge in [0.25, 0.3) is 0 Å². The zero-order valence-corrected chi connectivity index (χ0v) is 11.0. The van der Waals surface area contributed by atoms with E-state index in [4.69, 9.17) is 5.11 Å². The maximum atomic E-state index is 10.7. The van der Waals surface area contributed by atoms with Crippen LogP contribution < -0.4 is 5.32 Å². The number of hydrogen-bond acceptors (Lipinski definition) is 4. The first-order valence-electron chi connectivity index (χ1n) is 6.35. The minimum atomic E-state index is -0.975. The zero-order chi connectivity index (χ0) is 14.3. The number of carbonyl (C=O) groups excluding carboxylic acids is 1. The number of aliphatic hydroxyl groups excluding tert-OH is 3. The fourth-order valence-corrected chi connectivity index (χ4v) is 1.79. The smallest absolute Gasteiger partial charge is 0.216 e. The highest BCUT2D eigenvalue weighted by molar-refractivity contribution is 5.72. The number of rotatable bonds is 7. The summed E-state index contributed by atoms with van der Waals surface area (Å²) in [5, 5.41) is 31.2. The first-order valence-corrected chi connectivity index (χ1v) is 6.35. The van der Waals surface area contributed by atoms with Crippen molar-refractivity contribution < 1.29 is 20.1 Å². The van der Waals surface area contributed by atoms with Gasteiger partial charge < -0.3 is 20.6 Å². The van der Waals surface area contributed by atoms with Gasteiger partial charge in [0, 0.05) is 20.1 Å². The quantitative estimate of drug-likeness (QED) is 0.566. The Bertz CT molecular complexity index is 391. The van der Waals surface area contributed by atoms with E-state index in [2.05, 4.69) is 5.32 Å². The molecule has 0 aromatic heterocycles. The van der Waals surface area contributed by atoms with Crippen molar-refractivity contribution >= 4 is 5.91 Å². The highest BCUT2D eigenvalue weighted by Crippen LogP contribution is 2.19. The summed E-state index contributed by atoms with van der Waals surface area (Å²) in [6.07, 6.45) is -1.03. The van der Waals surface area contributed by atoms with Gasteiger partial charge in [0.1, 0.15) is 6.10 Å². The number of nitrogens with one attached hydrogen (secondary N) is 1. The molecule has 0 bridgehead atoms. The summed E-state index contributed by atoms with van der Waals surface area (Å²) in [6, 6.07) is 7.10. The predicted molar refractivity (Wildman–Crippen MR) is 71.5 cm³/mol. The van der Waals surface area contributed by atoms with E-state index in [1.165, 1.54) is 6.92 Å². The zero-order valence-electron chi connectivity index (χ0n) is 11.0.